The number of amidine groups is 1. The van der Waals surface area contributed by atoms with Crippen molar-refractivity contribution in [2.45, 2.75) is 6.92 Å². The molecule has 0 aromatic heterocycles. The molecule has 0 aromatic rings. The third kappa shape index (κ3) is 4.89. The summed E-state index contributed by atoms with van der Waals surface area (Å²) in [5.74, 6) is -0.267. The first kappa shape index (κ1) is 8.74. The van der Waals surface area contributed by atoms with Crippen LogP contribution in [0.25, 0.3) is 0 Å². The van der Waals surface area contributed by atoms with Crippen LogP contribution < -0.4 is 10.5 Å². The van der Waals surface area contributed by atoms with Crippen LogP contribution in [0.4, 0.5) is 0 Å². The molecule has 0 spiro atoms. The van der Waals surface area contributed by atoms with Crippen molar-refractivity contribution in [2.75, 3.05) is 0 Å². The van der Waals surface area contributed by atoms with Crippen LogP contribution in [0.5, 0.6) is 0 Å². The van der Waals surface area contributed by atoms with Crippen LogP contribution in [-0.4, -0.2) is 19.7 Å². The van der Waals surface area contributed by atoms with Crippen molar-refractivity contribution in [3.05, 3.63) is 12.3 Å². The molecule has 0 atom stereocenters. The number of hydrogen-bond acceptors (Lipinski definition) is 3. The standard InChI is InChI=1S/C5H8BN3O/c1-4(7)9-5(10)2-3-8-6/h2-3,8H,1H3,(H2,7,9,10)/b3-2-. The zero-order chi connectivity index (χ0) is 7.98. The summed E-state index contributed by atoms with van der Waals surface area (Å²) in [6.45, 7) is 1.47. The lowest BCUT2D eigenvalue weighted by Gasteiger charge is -1.95. The predicted molar refractivity (Wildman–Crippen MR) is 39.6 cm³/mol. The van der Waals surface area contributed by atoms with E-state index in [-0.39, 0.29) is 11.7 Å². The number of hydrogen-bond donors (Lipinski definition) is 3. The molecule has 10 heavy (non-hydrogen) atoms. The summed E-state index contributed by atoms with van der Waals surface area (Å²) in [5, 5.41) is 11.2. The van der Waals surface area contributed by atoms with Gasteiger partial charge >= 0.3 is 0 Å². The Morgan fingerprint density at radius 1 is 1.70 bits per heavy atom. The SMILES string of the molecule is [B]N/C=C\C(=O)NC(C)=N. The van der Waals surface area contributed by atoms with Gasteiger partial charge in [-0.15, -0.1) is 0 Å². The van der Waals surface area contributed by atoms with E-state index in [1.807, 2.05) is 0 Å². The number of amides is 1. The van der Waals surface area contributed by atoms with Gasteiger partial charge in [-0.1, -0.05) is 0 Å². The Kier molecular flexibility index (Phi) is 4.03. The van der Waals surface area contributed by atoms with E-state index in [1.54, 1.807) is 0 Å². The molecule has 3 N–H and O–H groups in total. The molecule has 0 aliphatic carbocycles. The maximum atomic E-state index is 10.6. The van der Waals surface area contributed by atoms with E-state index >= 15 is 0 Å². The Bertz CT molecular complexity index is 166. The number of nitrogens with one attached hydrogen (secondary N) is 3. The summed E-state index contributed by atoms with van der Waals surface area (Å²) in [7, 11) is 4.84. The van der Waals surface area contributed by atoms with E-state index in [9.17, 15) is 4.79 Å². The second-order valence-corrected chi connectivity index (χ2v) is 1.61. The van der Waals surface area contributed by atoms with Gasteiger partial charge in [0.1, 0.15) is 0 Å². The quantitative estimate of drug-likeness (QED) is 0.203. The van der Waals surface area contributed by atoms with E-state index in [0.717, 1.165) is 0 Å². The van der Waals surface area contributed by atoms with Crippen molar-refractivity contribution in [1.82, 2.24) is 10.5 Å². The maximum Gasteiger partial charge on any atom is 0.250 e. The van der Waals surface area contributed by atoms with Crippen LogP contribution in [0.1, 0.15) is 6.92 Å². The second kappa shape index (κ2) is 4.61. The van der Waals surface area contributed by atoms with Crippen LogP contribution in [0.3, 0.4) is 0 Å². The molecule has 52 valence electrons. The highest BCUT2D eigenvalue weighted by Crippen LogP contribution is 1.69. The van der Waals surface area contributed by atoms with Gasteiger partial charge in [-0.05, 0) is 13.1 Å². The van der Waals surface area contributed by atoms with Crippen molar-refractivity contribution in [1.29, 1.82) is 5.41 Å². The van der Waals surface area contributed by atoms with Crippen LogP contribution >= 0.6 is 0 Å². The molecule has 0 aliphatic rings. The molecule has 0 aliphatic heterocycles. The van der Waals surface area contributed by atoms with Crippen LogP contribution in [0.2, 0.25) is 0 Å². The minimum atomic E-state index is -0.370. The molecule has 4 nitrogen and oxygen atoms in total. The molecule has 2 radical (unpaired) electrons. The summed E-state index contributed by atoms with van der Waals surface area (Å²) < 4.78 is 0. The Morgan fingerprint density at radius 3 is 2.70 bits per heavy atom. The van der Waals surface area contributed by atoms with Crippen molar-refractivity contribution in [3.8, 4) is 0 Å². The summed E-state index contributed by atoms with van der Waals surface area (Å²) in [4.78, 5) is 10.6. The van der Waals surface area contributed by atoms with Gasteiger partial charge in [0.15, 0.2) is 0 Å². The van der Waals surface area contributed by atoms with Crippen LogP contribution in [-0.2, 0) is 4.79 Å². The third-order valence-electron chi connectivity index (χ3n) is 0.642. The van der Waals surface area contributed by atoms with Crippen molar-refractivity contribution < 1.29 is 4.79 Å². The number of carbonyl (C=O) groups excluding carboxylic acids is 1. The van der Waals surface area contributed by atoms with E-state index < -0.39 is 0 Å². The van der Waals surface area contributed by atoms with E-state index in [0.29, 0.717) is 0 Å². The lowest BCUT2D eigenvalue weighted by atomic mass is 10.4. The summed E-state index contributed by atoms with van der Waals surface area (Å²) >= 11 is 0. The Hall–Kier alpha value is -1.26. The molecular formula is C5H8BN3O. The molecule has 0 saturated carbocycles. The van der Waals surface area contributed by atoms with Crippen molar-refractivity contribution in [3.63, 3.8) is 0 Å². The van der Waals surface area contributed by atoms with Gasteiger partial charge in [0.05, 0.1) is 5.84 Å². The Balaban J connectivity index is 3.64. The topological polar surface area (TPSA) is 65.0 Å². The lowest BCUT2D eigenvalue weighted by molar-refractivity contribution is -0.115. The van der Waals surface area contributed by atoms with Gasteiger partial charge in [-0.3, -0.25) is 10.2 Å². The van der Waals surface area contributed by atoms with E-state index in [1.165, 1.54) is 19.2 Å². The molecular weight excluding hydrogens is 129 g/mol. The molecule has 0 rings (SSSR count). The fraction of sp³-hybridized carbons (Fsp3) is 0.200. The molecule has 0 bridgehead atoms. The van der Waals surface area contributed by atoms with Crippen LogP contribution in [0, 0.1) is 5.41 Å². The second-order valence-electron chi connectivity index (χ2n) is 1.61. The fourth-order valence-electron chi connectivity index (χ4n) is 0.350. The zero-order valence-corrected chi connectivity index (χ0v) is 5.64. The third-order valence-corrected chi connectivity index (χ3v) is 0.642. The van der Waals surface area contributed by atoms with Gasteiger partial charge in [0.2, 0.25) is 7.98 Å². The molecule has 0 aromatic carbocycles. The number of rotatable bonds is 2. The molecule has 0 saturated heterocycles. The van der Waals surface area contributed by atoms with Gasteiger partial charge < -0.3 is 10.5 Å². The average molecular weight is 137 g/mol. The maximum absolute atomic E-state index is 10.6. The molecule has 1 amide bonds. The largest absolute Gasteiger partial charge is 0.443 e. The first-order chi connectivity index (χ1) is 4.66. The van der Waals surface area contributed by atoms with E-state index in [2.05, 4.69) is 10.5 Å². The van der Waals surface area contributed by atoms with Crippen molar-refractivity contribution in [2.24, 2.45) is 0 Å². The summed E-state index contributed by atoms with van der Waals surface area (Å²) in [6, 6.07) is 0. The van der Waals surface area contributed by atoms with Crippen molar-refractivity contribution >= 4 is 19.7 Å². The molecule has 0 unspecified atom stereocenters. The lowest BCUT2D eigenvalue weighted by Crippen LogP contribution is -2.25. The highest BCUT2D eigenvalue weighted by molar-refractivity contribution is 6.06. The Labute approximate surface area is 60.6 Å². The minimum Gasteiger partial charge on any atom is -0.443 e. The fourth-order valence-corrected chi connectivity index (χ4v) is 0.350. The number of carbonyl (C=O) groups is 1. The van der Waals surface area contributed by atoms with Gasteiger partial charge in [-0.2, -0.15) is 0 Å². The summed E-state index contributed by atoms with van der Waals surface area (Å²) in [5.41, 5.74) is 0. The zero-order valence-electron chi connectivity index (χ0n) is 5.64. The van der Waals surface area contributed by atoms with Gasteiger partial charge in [-0.25, -0.2) is 0 Å². The molecule has 0 heterocycles. The first-order valence-corrected chi connectivity index (χ1v) is 2.65. The monoisotopic (exact) mass is 137 g/mol. The molecule has 0 fully saturated rings. The smallest absolute Gasteiger partial charge is 0.250 e. The minimum absolute atomic E-state index is 0.103. The highest BCUT2D eigenvalue weighted by Gasteiger charge is 1.92. The Morgan fingerprint density at radius 2 is 2.30 bits per heavy atom. The highest BCUT2D eigenvalue weighted by atomic mass is 16.1. The molecule has 5 heteroatoms. The summed E-state index contributed by atoms with van der Waals surface area (Å²) in [6.07, 6.45) is 2.47. The van der Waals surface area contributed by atoms with Crippen LogP contribution in [0.15, 0.2) is 12.3 Å². The average Bonchev–Trinajstić information content (AvgIpc) is 1.82. The van der Waals surface area contributed by atoms with Gasteiger partial charge in [0.25, 0.3) is 5.91 Å². The normalized spacial score (nSPS) is 9.30. The van der Waals surface area contributed by atoms with Gasteiger partial charge in [0, 0.05) is 6.08 Å². The van der Waals surface area contributed by atoms with E-state index in [4.69, 9.17) is 13.4 Å². The first-order valence-electron chi connectivity index (χ1n) is 2.65. The predicted octanol–water partition coefficient (Wildman–Crippen LogP) is -0.713.